The fraction of sp³-hybridized carbons (Fsp3) is 0.381. The number of piperidine rings is 1. The maximum absolute atomic E-state index is 12.6. The van der Waals surface area contributed by atoms with Crippen molar-refractivity contribution in [3.63, 3.8) is 0 Å². The number of H-pyrrole nitrogens is 1. The SMILES string of the molecule is Cc1nn(C)c(C)c1-c1cc(C(=O)Nc2ccc(N3CCCCC3)cc2)[nH]n1. The highest BCUT2D eigenvalue weighted by Gasteiger charge is 2.17. The van der Waals surface area contributed by atoms with Gasteiger partial charge in [0.25, 0.3) is 5.91 Å². The minimum absolute atomic E-state index is 0.205. The molecule has 146 valence electrons. The third kappa shape index (κ3) is 3.52. The monoisotopic (exact) mass is 378 g/mol. The van der Waals surface area contributed by atoms with Gasteiger partial charge in [0.15, 0.2) is 0 Å². The number of anilines is 2. The smallest absolute Gasteiger partial charge is 0.273 e. The first-order chi connectivity index (χ1) is 13.5. The Labute approximate surface area is 164 Å². The molecule has 7 heteroatoms. The van der Waals surface area contributed by atoms with Gasteiger partial charge in [-0.05, 0) is 63.4 Å². The van der Waals surface area contributed by atoms with Gasteiger partial charge in [0.1, 0.15) is 5.69 Å². The van der Waals surface area contributed by atoms with E-state index >= 15 is 0 Å². The second kappa shape index (κ2) is 7.50. The first kappa shape index (κ1) is 18.3. The van der Waals surface area contributed by atoms with E-state index < -0.39 is 0 Å². The van der Waals surface area contributed by atoms with Crippen molar-refractivity contribution < 1.29 is 4.79 Å². The summed E-state index contributed by atoms with van der Waals surface area (Å²) in [6.07, 6.45) is 3.81. The number of hydrogen-bond acceptors (Lipinski definition) is 4. The van der Waals surface area contributed by atoms with Gasteiger partial charge in [-0.3, -0.25) is 14.6 Å². The summed E-state index contributed by atoms with van der Waals surface area (Å²) in [4.78, 5) is 15.0. The molecule has 3 aromatic rings. The van der Waals surface area contributed by atoms with Crippen molar-refractivity contribution in [1.82, 2.24) is 20.0 Å². The fourth-order valence-electron chi connectivity index (χ4n) is 3.82. The van der Waals surface area contributed by atoms with E-state index in [0.29, 0.717) is 5.69 Å². The van der Waals surface area contributed by atoms with E-state index in [9.17, 15) is 4.79 Å². The van der Waals surface area contributed by atoms with Crippen LogP contribution in [0.2, 0.25) is 0 Å². The second-order valence-electron chi connectivity index (χ2n) is 7.38. The lowest BCUT2D eigenvalue weighted by Gasteiger charge is -2.28. The summed E-state index contributed by atoms with van der Waals surface area (Å²) in [6.45, 7) is 6.15. The first-order valence-corrected chi connectivity index (χ1v) is 9.75. The number of aromatic amines is 1. The van der Waals surface area contributed by atoms with E-state index in [1.807, 2.05) is 37.7 Å². The maximum Gasteiger partial charge on any atom is 0.273 e. The average Bonchev–Trinajstić information content (AvgIpc) is 3.28. The molecule has 1 amide bonds. The van der Waals surface area contributed by atoms with Crippen molar-refractivity contribution in [2.75, 3.05) is 23.3 Å². The molecular formula is C21H26N6O. The lowest BCUT2D eigenvalue weighted by atomic mass is 10.1. The molecule has 0 bridgehead atoms. The second-order valence-corrected chi connectivity index (χ2v) is 7.38. The highest BCUT2D eigenvalue weighted by atomic mass is 16.1. The number of carbonyl (C=O) groups excluding carboxylic acids is 1. The van der Waals surface area contributed by atoms with Crippen LogP contribution in [0.5, 0.6) is 0 Å². The number of rotatable bonds is 4. The zero-order chi connectivity index (χ0) is 19.7. The van der Waals surface area contributed by atoms with Crippen molar-refractivity contribution in [1.29, 1.82) is 0 Å². The molecule has 1 aromatic carbocycles. The van der Waals surface area contributed by atoms with Gasteiger partial charge >= 0.3 is 0 Å². The Balaban J connectivity index is 1.46. The molecule has 2 N–H and O–H groups in total. The molecule has 4 rings (SSSR count). The molecule has 1 aliphatic heterocycles. The van der Waals surface area contributed by atoms with Gasteiger partial charge in [0.05, 0.1) is 11.4 Å². The summed E-state index contributed by atoms with van der Waals surface area (Å²) < 4.78 is 1.82. The minimum Gasteiger partial charge on any atom is -0.372 e. The van der Waals surface area contributed by atoms with E-state index in [2.05, 4.69) is 37.6 Å². The number of nitrogens with one attached hydrogen (secondary N) is 2. The maximum atomic E-state index is 12.6. The highest BCUT2D eigenvalue weighted by molar-refractivity contribution is 6.03. The predicted molar refractivity (Wildman–Crippen MR) is 111 cm³/mol. The van der Waals surface area contributed by atoms with Crippen LogP contribution in [-0.2, 0) is 7.05 Å². The normalized spacial score (nSPS) is 14.3. The molecule has 1 aliphatic rings. The Morgan fingerprint density at radius 3 is 2.46 bits per heavy atom. The van der Waals surface area contributed by atoms with E-state index in [1.54, 1.807) is 6.07 Å². The zero-order valence-electron chi connectivity index (χ0n) is 16.6. The predicted octanol–water partition coefficient (Wildman–Crippen LogP) is 3.67. The van der Waals surface area contributed by atoms with Crippen LogP contribution in [0.15, 0.2) is 30.3 Å². The van der Waals surface area contributed by atoms with Crippen molar-refractivity contribution in [2.24, 2.45) is 7.05 Å². The van der Waals surface area contributed by atoms with Gasteiger partial charge in [-0.1, -0.05) is 0 Å². The van der Waals surface area contributed by atoms with E-state index in [1.165, 1.54) is 24.9 Å². The van der Waals surface area contributed by atoms with Crippen LogP contribution in [0.1, 0.15) is 41.1 Å². The van der Waals surface area contributed by atoms with Crippen LogP contribution in [0, 0.1) is 13.8 Å². The number of aromatic nitrogens is 4. The quantitative estimate of drug-likeness (QED) is 0.726. The van der Waals surface area contributed by atoms with Gasteiger partial charge in [-0.2, -0.15) is 10.2 Å². The van der Waals surface area contributed by atoms with Crippen molar-refractivity contribution in [2.45, 2.75) is 33.1 Å². The van der Waals surface area contributed by atoms with Crippen molar-refractivity contribution in [3.8, 4) is 11.3 Å². The Bertz CT molecular complexity index is 979. The fourth-order valence-corrected chi connectivity index (χ4v) is 3.82. The molecule has 0 spiro atoms. The molecule has 0 saturated carbocycles. The van der Waals surface area contributed by atoms with Gasteiger partial charge in [-0.25, -0.2) is 0 Å². The highest BCUT2D eigenvalue weighted by Crippen LogP contribution is 2.26. The average molecular weight is 378 g/mol. The van der Waals surface area contributed by atoms with Crippen LogP contribution in [0.3, 0.4) is 0 Å². The molecule has 0 unspecified atom stereocenters. The molecule has 7 nitrogen and oxygen atoms in total. The standard InChI is InChI=1S/C21H26N6O/c1-14-20(15(2)26(3)25-14)18-13-19(24-23-18)21(28)22-16-7-9-17(10-8-16)27-11-5-4-6-12-27/h7-10,13H,4-6,11-12H2,1-3H3,(H,22,28)(H,23,24). The molecule has 0 radical (unpaired) electrons. The van der Waals surface area contributed by atoms with E-state index in [-0.39, 0.29) is 5.91 Å². The molecule has 0 atom stereocenters. The molecule has 1 saturated heterocycles. The third-order valence-electron chi connectivity index (χ3n) is 5.43. The molecule has 2 aromatic heterocycles. The lowest BCUT2D eigenvalue weighted by molar-refractivity contribution is 0.102. The van der Waals surface area contributed by atoms with Gasteiger partial charge in [0, 0.05) is 42.8 Å². The topological polar surface area (TPSA) is 78.8 Å². The number of nitrogens with zero attached hydrogens (tertiary/aromatic N) is 4. The molecule has 28 heavy (non-hydrogen) atoms. The van der Waals surface area contributed by atoms with Gasteiger partial charge in [0.2, 0.25) is 0 Å². The first-order valence-electron chi connectivity index (χ1n) is 9.75. The van der Waals surface area contributed by atoms with Crippen LogP contribution in [-0.4, -0.2) is 39.0 Å². The lowest BCUT2D eigenvalue weighted by Crippen LogP contribution is -2.29. The summed E-state index contributed by atoms with van der Waals surface area (Å²) in [6, 6.07) is 9.82. The van der Waals surface area contributed by atoms with E-state index in [4.69, 9.17) is 0 Å². The number of amides is 1. The Kier molecular flexibility index (Phi) is 4.90. The number of hydrogen-bond donors (Lipinski definition) is 2. The number of benzene rings is 1. The largest absolute Gasteiger partial charge is 0.372 e. The Morgan fingerprint density at radius 1 is 1.11 bits per heavy atom. The molecule has 1 fully saturated rings. The molecule has 0 aliphatic carbocycles. The van der Waals surface area contributed by atoms with Crippen molar-refractivity contribution in [3.05, 3.63) is 47.4 Å². The zero-order valence-corrected chi connectivity index (χ0v) is 16.6. The van der Waals surface area contributed by atoms with E-state index in [0.717, 1.165) is 41.4 Å². The molecule has 3 heterocycles. The summed E-state index contributed by atoms with van der Waals surface area (Å²) in [5.74, 6) is -0.205. The third-order valence-corrected chi connectivity index (χ3v) is 5.43. The van der Waals surface area contributed by atoms with Crippen LogP contribution in [0.25, 0.3) is 11.3 Å². The van der Waals surface area contributed by atoms with Crippen LogP contribution >= 0.6 is 0 Å². The number of carbonyl (C=O) groups is 1. The summed E-state index contributed by atoms with van der Waals surface area (Å²) in [7, 11) is 1.90. The van der Waals surface area contributed by atoms with Crippen LogP contribution < -0.4 is 10.2 Å². The summed E-state index contributed by atoms with van der Waals surface area (Å²) >= 11 is 0. The summed E-state index contributed by atoms with van der Waals surface area (Å²) in [5, 5.41) is 14.5. The van der Waals surface area contributed by atoms with Gasteiger partial charge in [-0.15, -0.1) is 0 Å². The Morgan fingerprint density at radius 2 is 1.82 bits per heavy atom. The molecular weight excluding hydrogens is 352 g/mol. The number of aryl methyl sites for hydroxylation is 2. The van der Waals surface area contributed by atoms with Crippen LogP contribution in [0.4, 0.5) is 11.4 Å². The summed E-state index contributed by atoms with van der Waals surface area (Å²) in [5.41, 5.74) is 6.02. The van der Waals surface area contributed by atoms with Crippen molar-refractivity contribution >= 4 is 17.3 Å². The minimum atomic E-state index is -0.205. The Hall–Kier alpha value is -3.09. The van der Waals surface area contributed by atoms with Gasteiger partial charge < -0.3 is 10.2 Å².